The molecule has 154 valence electrons. The summed E-state index contributed by atoms with van der Waals surface area (Å²) in [6, 6.07) is 21.1. The maximum Gasteiger partial charge on any atom is 0.283 e. The maximum absolute atomic E-state index is 12.8. The molecule has 0 saturated carbocycles. The van der Waals surface area contributed by atoms with Gasteiger partial charge >= 0.3 is 0 Å². The van der Waals surface area contributed by atoms with Crippen LogP contribution in [0.1, 0.15) is 10.4 Å². The zero-order valence-corrected chi connectivity index (χ0v) is 16.6. The van der Waals surface area contributed by atoms with Crippen LogP contribution in [0, 0.1) is 0 Å². The largest absolute Gasteiger partial charge is 0.545 e. The Morgan fingerprint density at radius 3 is 2.06 bits per heavy atom. The van der Waals surface area contributed by atoms with Crippen molar-refractivity contribution in [3.63, 3.8) is 0 Å². The molecule has 1 heterocycles. The molecule has 7 nitrogen and oxygen atoms in total. The number of aromatic carboxylic acids is 1. The normalized spacial score (nSPS) is 13.5. The third kappa shape index (κ3) is 4.12. The van der Waals surface area contributed by atoms with Crippen LogP contribution in [0.15, 0.2) is 89.6 Å². The fourth-order valence-electron chi connectivity index (χ4n) is 2.97. The van der Waals surface area contributed by atoms with Crippen molar-refractivity contribution in [2.45, 2.75) is 0 Å². The van der Waals surface area contributed by atoms with Gasteiger partial charge in [-0.05, 0) is 54.1 Å². The summed E-state index contributed by atoms with van der Waals surface area (Å²) in [4.78, 5) is 37.2. The van der Waals surface area contributed by atoms with E-state index in [0.717, 1.165) is 4.90 Å². The second-order valence-corrected chi connectivity index (χ2v) is 6.91. The highest BCUT2D eigenvalue weighted by atomic mass is 35.5. The summed E-state index contributed by atoms with van der Waals surface area (Å²) in [5.74, 6) is -1.42. The molecule has 2 amide bonds. The molecule has 0 radical (unpaired) electrons. The van der Waals surface area contributed by atoms with Crippen molar-refractivity contribution in [3.05, 3.63) is 95.2 Å². The number of carboxylic acid groups (broad SMARTS) is 1. The molecule has 0 bridgehead atoms. The number of benzene rings is 3. The van der Waals surface area contributed by atoms with E-state index in [1.807, 2.05) is 30.3 Å². The molecule has 1 aliphatic rings. The van der Waals surface area contributed by atoms with E-state index in [1.54, 1.807) is 24.3 Å². The minimum Gasteiger partial charge on any atom is -0.545 e. The summed E-state index contributed by atoms with van der Waals surface area (Å²) in [6.07, 6.45) is 0. The number of ether oxygens (including phenoxy) is 1. The Labute approximate surface area is 182 Å². The Morgan fingerprint density at radius 2 is 1.45 bits per heavy atom. The van der Waals surface area contributed by atoms with Gasteiger partial charge in [0.15, 0.2) is 0 Å². The molecule has 1 aliphatic heterocycles. The van der Waals surface area contributed by atoms with E-state index in [2.05, 4.69) is 5.32 Å². The molecule has 0 aliphatic carbocycles. The first-order valence-electron chi connectivity index (χ1n) is 9.14. The summed E-state index contributed by atoms with van der Waals surface area (Å²) in [5, 5.41) is 13.4. The molecule has 0 unspecified atom stereocenters. The van der Waals surface area contributed by atoms with E-state index in [-0.39, 0.29) is 16.3 Å². The third-order valence-electron chi connectivity index (χ3n) is 4.49. The first-order valence-corrected chi connectivity index (χ1v) is 9.52. The summed E-state index contributed by atoms with van der Waals surface area (Å²) in [7, 11) is 0. The number of nitrogens with one attached hydrogen (secondary N) is 1. The fourth-order valence-corrected chi connectivity index (χ4v) is 3.18. The number of halogens is 1. The van der Waals surface area contributed by atoms with E-state index in [9.17, 15) is 19.5 Å². The van der Waals surface area contributed by atoms with Gasteiger partial charge in [-0.25, -0.2) is 4.90 Å². The second kappa shape index (κ2) is 8.33. The molecule has 0 atom stereocenters. The molecule has 3 aromatic carbocycles. The molecule has 0 aromatic heterocycles. The lowest BCUT2D eigenvalue weighted by Crippen LogP contribution is -2.32. The van der Waals surface area contributed by atoms with Gasteiger partial charge in [0.25, 0.3) is 11.8 Å². The molecule has 0 fully saturated rings. The van der Waals surface area contributed by atoms with Gasteiger partial charge in [0.05, 0.1) is 11.7 Å². The number of para-hydroxylation sites is 1. The van der Waals surface area contributed by atoms with Gasteiger partial charge in [-0.2, -0.15) is 0 Å². The molecule has 4 rings (SSSR count). The molecule has 0 saturated heterocycles. The van der Waals surface area contributed by atoms with Crippen LogP contribution < -0.4 is 20.1 Å². The Bertz CT molecular complexity index is 1190. The van der Waals surface area contributed by atoms with Crippen molar-refractivity contribution in [1.82, 2.24) is 0 Å². The Balaban J connectivity index is 1.51. The molecule has 3 aromatic rings. The van der Waals surface area contributed by atoms with Crippen molar-refractivity contribution < 1.29 is 24.2 Å². The predicted octanol–water partition coefficient (Wildman–Crippen LogP) is 3.28. The smallest absolute Gasteiger partial charge is 0.283 e. The number of amides is 2. The SMILES string of the molecule is O=C([O-])c1ccc(NC2=C(Cl)C(=O)N(c3ccc(Oc4ccccc4)cc3)C2=O)cc1. The fraction of sp³-hybridized carbons (Fsp3) is 0. The van der Waals surface area contributed by atoms with Crippen LogP contribution in [-0.4, -0.2) is 17.8 Å². The summed E-state index contributed by atoms with van der Waals surface area (Å²) < 4.78 is 5.71. The van der Waals surface area contributed by atoms with E-state index in [4.69, 9.17) is 16.3 Å². The monoisotopic (exact) mass is 433 g/mol. The van der Waals surface area contributed by atoms with Crippen molar-refractivity contribution in [3.8, 4) is 11.5 Å². The van der Waals surface area contributed by atoms with Crippen molar-refractivity contribution in [2.24, 2.45) is 0 Å². The van der Waals surface area contributed by atoms with Gasteiger partial charge in [0.2, 0.25) is 0 Å². The number of anilines is 2. The molecule has 0 spiro atoms. The molecular weight excluding hydrogens is 420 g/mol. The van der Waals surface area contributed by atoms with Crippen LogP contribution in [0.25, 0.3) is 0 Å². The molecule has 8 heteroatoms. The first-order chi connectivity index (χ1) is 14.9. The molecule has 1 N–H and O–H groups in total. The molecular formula is C23H14ClN2O5-. The lowest BCUT2D eigenvalue weighted by atomic mass is 10.2. The Hall–Kier alpha value is -4.10. The zero-order valence-electron chi connectivity index (χ0n) is 15.9. The van der Waals surface area contributed by atoms with E-state index < -0.39 is 17.8 Å². The van der Waals surface area contributed by atoms with E-state index >= 15 is 0 Å². The van der Waals surface area contributed by atoms with Crippen molar-refractivity contribution in [2.75, 3.05) is 10.2 Å². The summed E-state index contributed by atoms with van der Waals surface area (Å²) in [6.45, 7) is 0. The standard InChI is InChI=1S/C23H15ClN2O5/c24-19-20(25-15-8-6-14(7-9-15)23(29)30)22(28)26(21(19)27)16-10-12-18(13-11-16)31-17-4-2-1-3-5-17/h1-13,25H,(H,29,30)/p-1. The number of hydrogen-bond donors (Lipinski definition) is 1. The van der Waals surface area contributed by atoms with E-state index in [0.29, 0.717) is 22.9 Å². The number of carbonyl (C=O) groups excluding carboxylic acids is 3. The van der Waals surface area contributed by atoms with E-state index in [1.165, 1.54) is 24.3 Å². The predicted molar refractivity (Wildman–Crippen MR) is 113 cm³/mol. The Kier molecular flexibility index (Phi) is 5.43. The lowest BCUT2D eigenvalue weighted by Gasteiger charge is -2.16. The topological polar surface area (TPSA) is 98.8 Å². The van der Waals surface area contributed by atoms with Crippen LogP contribution in [0.4, 0.5) is 11.4 Å². The highest BCUT2D eigenvalue weighted by Gasteiger charge is 2.38. The van der Waals surface area contributed by atoms with Gasteiger partial charge in [-0.15, -0.1) is 0 Å². The first kappa shape index (κ1) is 20.2. The van der Waals surface area contributed by atoms with Crippen LogP contribution in [-0.2, 0) is 9.59 Å². The summed E-state index contributed by atoms with van der Waals surface area (Å²) >= 11 is 6.11. The average Bonchev–Trinajstić information content (AvgIpc) is 2.99. The third-order valence-corrected chi connectivity index (χ3v) is 4.84. The summed E-state index contributed by atoms with van der Waals surface area (Å²) in [5.41, 5.74) is 0.613. The van der Waals surface area contributed by atoms with Crippen LogP contribution >= 0.6 is 11.6 Å². The number of hydrogen-bond acceptors (Lipinski definition) is 6. The number of nitrogens with zero attached hydrogens (tertiary/aromatic N) is 1. The number of rotatable bonds is 6. The molecule has 31 heavy (non-hydrogen) atoms. The minimum absolute atomic E-state index is 0.0149. The quantitative estimate of drug-likeness (QED) is 0.599. The maximum atomic E-state index is 12.8. The van der Waals surface area contributed by atoms with Crippen LogP contribution in [0.2, 0.25) is 0 Å². The van der Waals surface area contributed by atoms with Crippen molar-refractivity contribution >= 4 is 40.8 Å². The number of carbonyl (C=O) groups is 3. The highest BCUT2D eigenvalue weighted by Crippen LogP contribution is 2.32. The second-order valence-electron chi connectivity index (χ2n) is 6.53. The van der Waals surface area contributed by atoms with Crippen LogP contribution in [0.3, 0.4) is 0 Å². The van der Waals surface area contributed by atoms with Gasteiger partial charge in [0.1, 0.15) is 22.2 Å². The van der Waals surface area contributed by atoms with Crippen LogP contribution in [0.5, 0.6) is 11.5 Å². The Morgan fingerprint density at radius 1 is 0.839 bits per heavy atom. The van der Waals surface area contributed by atoms with Gasteiger partial charge in [-0.3, -0.25) is 9.59 Å². The number of imide groups is 1. The van der Waals surface area contributed by atoms with Gasteiger partial charge in [0, 0.05) is 5.69 Å². The zero-order chi connectivity index (χ0) is 22.0. The minimum atomic E-state index is -1.32. The number of carboxylic acids is 1. The van der Waals surface area contributed by atoms with Gasteiger partial charge in [-0.1, -0.05) is 41.9 Å². The highest BCUT2D eigenvalue weighted by molar-refractivity contribution is 6.53. The lowest BCUT2D eigenvalue weighted by molar-refractivity contribution is -0.255. The van der Waals surface area contributed by atoms with Gasteiger partial charge < -0.3 is 20.0 Å². The average molecular weight is 434 g/mol. The van der Waals surface area contributed by atoms with Crippen molar-refractivity contribution in [1.29, 1.82) is 0 Å².